The molecule has 0 aliphatic rings. The summed E-state index contributed by atoms with van der Waals surface area (Å²) in [4.78, 5) is 10.3. The molecular formula is C16H27NO. The van der Waals surface area contributed by atoms with Gasteiger partial charge in [0.1, 0.15) is 6.29 Å². The average Bonchev–Trinajstić information content (AvgIpc) is 2.38. The van der Waals surface area contributed by atoms with Gasteiger partial charge in [-0.1, -0.05) is 57.5 Å². The van der Waals surface area contributed by atoms with E-state index in [2.05, 4.69) is 45.1 Å². The van der Waals surface area contributed by atoms with Crippen molar-refractivity contribution in [1.82, 2.24) is 5.32 Å². The van der Waals surface area contributed by atoms with Gasteiger partial charge in [-0.05, 0) is 24.9 Å². The lowest BCUT2D eigenvalue weighted by atomic mass is 10.1. The van der Waals surface area contributed by atoms with Crippen LogP contribution in [0.2, 0.25) is 0 Å². The second-order valence-electron chi connectivity index (χ2n) is 4.76. The molecule has 102 valence electrons. The highest BCUT2D eigenvalue weighted by molar-refractivity contribution is 5.49. The van der Waals surface area contributed by atoms with Gasteiger partial charge in [0.15, 0.2) is 0 Å². The molecule has 0 saturated carbocycles. The van der Waals surface area contributed by atoms with E-state index in [1.807, 2.05) is 18.2 Å². The van der Waals surface area contributed by atoms with Crippen molar-refractivity contribution in [3.8, 4) is 0 Å². The number of aldehydes is 1. The molecule has 1 aromatic rings. The number of benzene rings is 1. The van der Waals surface area contributed by atoms with Crippen LogP contribution in [0.1, 0.15) is 52.1 Å². The molecular weight excluding hydrogens is 222 g/mol. The van der Waals surface area contributed by atoms with Crippen molar-refractivity contribution in [2.45, 2.75) is 46.6 Å². The maximum atomic E-state index is 10.3. The van der Waals surface area contributed by atoms with Crippen LogP contribution >= 0.6 is 0 Å². The first-order chi connectivity index (χ1) is 8.65. The number of hydrogen-bond acceptors (Lipinski definition) is 2. The molecule has 2 unspecified atom stereocenters. The van der Waals surface area contributed by atoms with Crippen molar-refractivity contribution in [3.05, 3.63) is 35.9 Å². The van der Waals surface area contributed by atoms with Crippen LogP contribution in [0.3, 0.4) is 0 Å². The number of rotatable bonds is 6. The van der Waals surface area contributed by atoms with Gasteiger partial charge in [0, 0.05) is 12.5 Å². The summed E-state index contributed by atoms with van der Waals surface area (Å²) in [5.74, 6) is 0.411. The Morgan fingerprint density at radius 1 is 1.17 bits per heavy atom. The van der Waals surface area contributed by atoms with Gasteiger partial charge in [-0.25, -0.2) is 0 Å². The van der Waals surface area contributed by atoms with Crippen molar-refractivity contribution in [2.75, 3.05) is 6.54 Å². The highest BCUT2D eigenvalue weighted by Crippen LogP contribution is 2.11. The third-order valence-corrected chi connectivity index (χ3v) is 2.57. The van der Waals surface area contributed by atoms with Crippen LogP contribution < -0.4 is 5.32 Å². The Morgan fingerprint density at radius 2 is 1.72 bits per heavy atom. The molecule has 1 rings (SSSR count). The average molecular weight is 249 g/mol. The van der Waals surface area contributed by atoms with Gasteiger partial charge < -0.3 is 10.1 Å². The second kappa shape index (κ2) is 11.0. The Balaban J connectivity index is 0.000000873. The topological polar surface area (TPSA) is 29.1 Å². The summed E-state index contributed by atoms with van der Waals surface area (Å²) < 4.78 is 0. The molecule has 1 aromatic carbocycles. The standard InChI is InChI=1S/C13H19NO.C3H8/c1-11(8-9-15)10-14-12(2)13-6-4-3-5-7-13;1-3-2/h3-7,9,11-12,14H,8,10H2,1-2H3;3H2,1-2H3. The van der Waals surface area contributed by atoms with E-state index in [-0.39, 0.29) is 0 Å². The monoisotopic (exact) mass is 249 g/mol. The summed E-state index contributed by atoms with van der Waals surface area (Å²) in [5, 5.41) is 3.42. The van der Waals surface area contributed by atoms with Gasteiger partial charge in [0.25, 0.3) is 0 Å². The predicted molar refractivity (Wildman–Crippen MR) is 78.7 cm³/mol. The third kappa shape index (κ3) is 8.02. The van der Waals surface area contributed by atoms with Crippen LogP contribution in [0.25, 0.3) is 0 Å². The highest BCUT2D eigenvalue weighted by Gasteiger charge is 2.06. The van der Waals surface area contributed by atoms with E-state index in [0.29, 0.717) is 18.4 Å². The number of nitrogens with one attached hydrogen (secondary N) is 1. The molecule has 0 radical (unpaired) electrons. The number of carbonyl (C=O) groups is 1. The first kappa shape index (κ1) is 16.9. The molecule has 0 amide bonds. The molecule has 2 heteroatoms. The lowest BCUT2D eigenvalue weighted by molar-refractivity contribution is -0.108. The van der Waals surface area contributed by atoms with Crippen LogP contribution in [0.4, 0.5) is 0 Å². The lowest BCUT2D eigenvalue weighted by Gasteiger charge is -2.16. The fourth-order valence-electron chi connectivity index (χ4n) is 1.49. The summed E-state index contributed by atoms with van der Waals surface area (Å²) in [6, 6.07) is 10.7. The molecule has 1 N–H and O–H groups in total. The first-order valence-electron chi connectivity index (χ1n) is 6.87. The smallest absolute Gasteiger partial charge is 0.120 e. The van der Waals surface area contributed by atoms with Crippen molar-refractivity contribution in [1.29, 1.82) is 0 Å². The van der Waals surface area contributed by atoms with Crippen LogP contribution in [0, 0.1) is 5.92 Å². The maximum Gasteiger partial charge on any atom is 0.120 e. The first-order valence-corrected chi connectivity index (χ1v) is 6.87. The van der Waals surface area contributed by atoms with Crippen LogP contribution in [-0.2, 0) is 4.79 Å². The molecule has 2 nitrogen and oxygen atoms in total. The van der Waals surface area contributed by atoms with Gasteiger partial charge in [-0.2, -0.15) is 0 Å². The molecule has 0 fully saturated rings. The fourth-order valence-corrected chi connectivity index (χ4v) is 1.49. The van der Waals surface area contributed by atoms with Gasteiger partial charge in [0.2, 0.25) is 0 Å². The fraction of sp³-hybridized carbons (Fsp3) is 0.562. The molecule has 2 atom stereocenters. The summed E-state index contributed by atoms with van der Waals surface area (Å²) >= 11 is 0. The highest BCUT2D eigenvalue weighted by atomic mass is 16.1. The van der Waals surface area contributed by atoms with Gasteiger partial charge >= 0.3 is 0 Å². The molecule has 0 heterocycles. The second-order valence-corrected chi connectivity index (χ2v) is 4.76. The summed E-state index contributed by atoms with van der Waals surface area (Å²) in [6.07, 6.45) is 2.87. The van der Waals surface area contributed by atoms with E-state index in [0.717, 1.165) is 12.8 Å². The zero-order chi connectivity index (χ0) is 13.8. The molecule has 0 aliphatic carbocycles. The van der Waals surface area contributed by atoms with Crippen molar-refractivity contribution >= 4 is 6.29 Å². The summed E-state index contributed by atoms with van der Waals surface area (Å²) in [7, 11) is 0. The normalized spacial score (nSPS) is 13.1. The number of hydrogen-bond donors (Lipinski definition) is 1. The zero-order valence-electron chi connectivity index (χ0n) is 12.1. The van der Waals surface area contributed by atoms with Crippen LogP contribution in [0.15, 0.2) is 30.3 Å². The molecule has 0 aromatic heterocycles. The molecule has 0 spiro atoms. The minimum absolute atomic E-state index is 0.348. The van der Waals surface area contributed by atoms with Gasteiger partial charge in [-0.15, -0.1) is 0 Å². The van der Waals surface area contributed by atoms with E-state index < -0.39 is 0 Å². The summed E-state index contributed by atoms with van der Waals surface area (Å²) in [5.41, 5.74) is 1.29. The minimum Gasteiger partial charge on any atom is -0.310 e. The predicted octanol–water partition coefficient (Wildman–Crippen LogP) is 3.98. The maximum absolute atomic E-state index is 10.3. The van der Waals surface area contributed by atoms with E-state index in [1.54, 1.807) is 0 Å². The third-order valence-electron chi connectivity index (χ3n) is 2.57. The van der Waals surface area contributed by atoms with Crippen LogP contribution in [0.5, 0.6) is 0 Å². The van der Waals surface area contributed by atoms with E-state index in [9.17, 15) is 4.79 Å². The van der Waals surface area contributed by atoms with Crippen LogP contribution in [-0.4, -0.2) is 12.8 Å². The Hall–Kier alpha value is -1.15. The van der Waals surface area contributed by atoms with E-state index >= 15 is 0 Å². The van der Waals surface area contributed by atoms with Gasteiger partial charge in [0.05, 0.1) is 0 Å². The molecule has 0 bridgehead atoms. The Bertz CT molecular complexity index is 297. The van der Waals surface area contributed by atoms with Gasteiger partial charge in [-0.3, -0.25) is 0 Å². The number of carbonyl (C=O) groups excluding carboxylic acids is 1. The SMILES string of the molecule is CC(CC=O)CNC(C)c1ccccc1.CCC. The zero-order valence-corrected chi connectivity index (χ0v) is 12.1. The van der Waals surface area contributed by atoms with E-state index in [1.165, 1.54) is 12.0 Å². The lowest BCUT2D eigenvalue weighted by Crippen LogP contribution is -2.24. The van der Waals surface area contributed by atoms with E-state index in [4.69, 9.17) is 0 Å². The minimum atomic E-state index is 0.348. The largest absolute Gasteiger partial charge is 0.310 e. The summed E-state index contributed by atoms with van der Waals surface area (Å²) in [6.45, 7) is 9.36. The van der Waals surface area contributed by atoms with Crippen molar-refractivity contribution < 1.29 is 4.79 Å². The molecule has 0 saturated heterocycles. The van der Waals surface area contributed by atoms with Crippen molar-refractivity contribution in [3.63, 3.8) is 0 Å². The molecule has 0 aliphatic heterocycles. The Labute approximate surface area is 112 Å². The Kier molecular flexibility index (Phi) is 10.3. The molecule has 18 heavy (non-hydrogen) atoms. The quantitative estimate of drug-likeness (QED) is 0.773. The Morgan fingerprint density at radius 3 is 2.22 bits per heavy atom. The van der Waals surface area contributed by atoms with Crippen molar-refractivity contribution in [2.24, 2.45) is 5.92 Å².